The molecule has 14 aliphatic rings. The molecule has 0 amide bonds. The van der Waals surface area contributed by atoms with Crippen LogP contribution in [0.4, 0.5) is 0 Å². The van der Waals surface area contributed by atoms with Crippen LogP contribution in [0.25, 0.3) is 11.1 Å². The Kier molecular flexibility index (Phi) is 14.3. The monoisotopic (exact) mass is 1110 g/mol. The van der Waals surface area contributed by atoms with Crippen molar-refractivity contribution in [3.8, 4) is 0 Å². The van der Waals surface area contributed by atoms with Gasteiger partial charge in [0.15, 0.2) is 0 Å². The Morgan fingerprint density at radius 3 is 1.44 bits per heavy atom. The van der Waals surface area contributed by atoms with Crippen LogP contribution in [0.3, 0.4) is 0 Å². The van der Waals surface area contributed by atoms with Gasteiger partial charge in [-0.05, 0) is 172 Å². The van der Waals surface area contributed by atoms with Crippen molar-refractivity contribution in [2.24, 2.45) is 68.2 Å². The number of H-pyrrole nitrogens is 1. The molecule has 434 valence electrons. The summed E-state index contributed by atoms with van der Waals surface area (Å²) in [6, 6.07) is 4.18. The van der Waals surface area contributed by atoms with Crippen molar-refractivity contribution >= 4 is 40.2 Å². The van der Waals surface area contributed by atoms with Crippen molar-refractivity contribution in [3.63, 3.8) is 0 Å². The van der Waals surface area contributed by atoms with E-state index in [4.69, 9.17) is 24.5 Å². The van der Waals surface area contributed by atoms with E-state index in [1.807, 2.05) is 24.3 Å². The van der Waals surface area contributed by atoms with E-state index in [2.05, 4.69) is 101 Å². The number of esters is 2. The van der Waals surface area contributed by atoms with Crippen molar-refractivity contribution in [1.82, 2.24) is 57.7 Å². The van der Waals surface area contributed by atoms with E-state index >= 15 is 0 Å². The van der Waals surface area contributed by atoms with Gasteiger partial charge >= 0.3 is 11.9 Å². The van der Waals surface area contributed by atoms with Gasteiger partial charge in [-0.2, -0.15) is 0 Å². The number of aromatic amines is 1. The molecule has 5 saturated heterocycles. The Morgan fingerprint density at radius 2 is 0.927 bits per heavy atom. The molecule has 1 aromatic heterocycles. The standard InChI is InChI=1S/C64H84N14O4/c1-78-31-30-65-64(78)55-50-26-22-46(68-50)41(18-28-52(79)81-2)44-20-24-48(66-44)54(49-25-21-45(67-49)42(19-29-53(80)82-3)47-23-27-51(55)69-47)33-16-17-40-43(32-33)63-76-61-39-15-9-8-14-38(39)59(74-61)72-57-35-11-5-4-10-34(35)56(70-57)71-58-36-12-6-7-13-37(36)60(73-58)75-62(40)77-63/h20-27,30-31,33-40,43,56-63,65,68,70-77H,4-19,28-29,32H2,1-3H3. The topological polar surface area (TPSA) is 217 Å². The quantitative estimate of drug-likeness (QED) is 0.129. The van der Waals surface area contributed by atoms with Crippen LogP contribution in [0.5, 0.6) is 0 Å². The molecule has 10 aliphatic heterocycles. The molecule has 0 aromatic carbocycles. The minimum absolute atomic E-state index is 0.0791. The normalized spacial score (nSPS) is 39.7. The fourth-order valence-corrected chi connectivity index (χ4v) is 18.0. The van der Waals surface area contributed by atoms with Crippen molar-refractivity contribution in [2.75, 3.05) is 21.3 Å². The molecule has 9 fully saturated rings. The maximum atomic E-state index is 13.0. The smallest absolute Gasteiger partial charge is 0.305 e. The van der Waals surface area contributed by atoms with E-state index in [0.717, 1.165) is 93.0 Å². The fourth-order valence-electron chi connectivity index (χ4n) is 18.0. The highest BCUT2D eigenvalue weighted by atomic mass is 16.5. The highest BCUT2D eigenvalue weighted by Gasteiger charge is 2.55. The molecule has 0 spiro atoms. The van der Waals surface area contributed by atoms with Gasteiger partial charge in [-0.3, -0.25) is 52.1 Å². The number of carbonyl (C=O) groups is 2. The molecular formula is C64H84N14O4. The summed E-state index contributed by atoms with van der Waals surface area (Å²) in [6.07, 6.45) is 38.0. The number of ether oxygens (including phenoxy) is 2. The number of hydrogen-bond acceptors (Lipinski definition) is 17. The Bertz CT molecular complexity index is 3100. The van der Waals surface area contributed by atoms with Crippen molar-refractivity contribution in [1.29, 1.82) is 0 Å². The molecule has 18 nitrogen and oxygen atoms in total. The number of hydrogen-bond donors (Lipinski definition) is 10. The van der Waals surface area contributed by atoms with Crippen LogP contribution < -0.4 is 47.9 Å². The molecule has 17 unspecified atom stereocenters. The van der Waals surface area contributed by atoms with E-state index in [1.54, 1.807) is 0 Å². The van der Waals surface area contributed by atoms with Crippen molar-refractivity contribution in [2.45, 2.75) is 171 Å². The number of nitrogens with zero attached hydrogens (tertiary/aromatic N) is 4. The number of carbonyl (C=O) groups excluding carboxylic acids is 2. The van der Waals surface area contributed by atoms with E-state index in [0.29, 0.717) is 66.4 Å². The first-order chi connectivity index (χ1) is 40.2. The van der Waals surface area contributed by atoms with Gasteiger partial charge in [0, 0.05) is 54.7 Å². The maximum Gasteiger partial charge on any atom is 0.305 e. The maximum absolute atomic E-state index is 13.0. The molecule has 11 heterocycles. The van der Waals surface area contributed by atoms with Gasteiger partial charge in [-0.15, -0.1) is 0 Å². The summed E-state index contributed by atoms with van der Waals surface area (Å²) in [4.78, 5) is 48.3. The SMILES string of the molecule is COC(=O)CCC1=C2C=CC(=N2)C(=C2NC=CN2C)c2ccc([nH]2)C(CCC(=O)OC)=C2C=CC(=N2)C(C2CCC3C4NC5NC(NC6NC(NC7NC(NC(N4)C3C2)C2CCCCC72)C2CCCCC62)C2CCCCC52)=C2C=CC1=N2. The van der Waals surface area contributed by atoms with Gasteiger partial charge in [-0.25, -0.2) is 15.0 Å². The highest BCUT2D eigenvalue weighted by molar-refractivity contribution is 6.31. The Balaban J connectivity index is 0.819. The summed E-state index contributed by atoms with van der Waals surface area (Å²) in [6.45, 7) is 0. The number of methoxy groups -OCH3 is 2. The minimum atomic E-state index is -0.279. The summed E-state index contributed by atoms with van der Waals surface area (Å²) < 4.78 is 10.4. The summed E-state index contributed by atoms with van der Waals surface area (Å²) in [5.41, 5.74) is 10.5. The second-order valence-electron chi connectivity index (χ2n) is 26.1. The fraction of sp³-hybridized carbons (Fsp3) is 0.609. The number of rotatable bonds is 7. The zero-order valence-electron chi connectivity index (χ0n) is 47.9. The van der Waals surface area contributed by atoms with E-state index in [1.165, 1.54) is 91.3 Å². The lowest BCUT2D eigenvalue weighted by Gasteiger charge is -2.38. The molecule has 4 saturated carbocycles. The van der Waals surface area contributed by atoms with Gasteiger partial charge in [0.25, 0.3) is 0 Å². The molecular weight excluding hydrogens is 1030 g/mol. The number of fused-ring (bicyclic) bond motifs is 25. The first kappa shape index (κ1) is 53.2. The lowest BCUT2D eigenvalue weighted by molar-refractivity contribution is -0.141. The van der Waals surface area contributed by atoms with Crippen LogP contribution >= 0.6 is 0 Å². The molecule has 16 bridgehead atoms. The van der Waals surface area contributed by atoms with Crippen LogP contribution in [0.15, 0.2) is 110 Å². The predicted octanol–water partition coefficient (Wildman–Crippen LogP) is 6.71. The van der Waals surface area contributed by atoms with Gasteiger partial charge in [0.05, 0.1) is 109 Å². The molecule has 4 aliphatic carbocycles. The zero-order chi connectivity index (χ0) is 55.2. The Labute approximate surface area is 482 Å². The van der Waals surface area contributed by atoms with Crippen LogP contribution in [0, 0.1) is 53.3 Å². The predicted molar refractivity (Wildman–Crippen MR) is 317 cm³/mol. The van der Waals surface area contributed by atoms with Crippen molar-refractivity contribution < 1.29 is 19.1 Å². The van der Waals surface area contributed by atoms with Gasteiger partial charge in [0.1, 0.15) is 5.82 Å². The van der Waals surface area contributed by atoms with Crippen LogP contribution in [0.2, 0.25) is 0 Å². The van der Waals surface area contributed by atoms with Crippen LogP contribution in [0.1, 0.15) is 133 Å². The number of nitrogens with one attached hydrogen (secondary N) is 10. The van der Waals surface area contributed by atoms with E-state index in [9.17, 15) is 9.59 Å². The zero-order valence-corrected chi connectivity index (χ0v) is 47.9. The lowest BCUT2D eigenvalue weighted by Crippen LogP contribution is -2.61. The van der Waals surface area contributed by atoms with Gasteiger partial charge in [0.2, 0.25) is 0 Å². The van der Waals surface area contributed by atoms with Crippen molar-refractivity contribution in [3.05, 3.63) is 106 Å². The molecule has 1 aromatic rings. The Hall–Kier alpha value is -5.57. The molecule has 82 heavy (non-hydrogen) atoms. The first-order valence-corrected chi connectivity index (χ1v) is 31.6. The molecule has 10 N–H and O–H groups in total. The average Bonchev–Trinajstić information content (AvgIpc) is 3.89. The number of aliphatic imine (C=N–C) groups is 3. The third-order valence-electron chi connectivity index (χ3n) is 21.9. The Morgan fingerprint density at radius 1 is 0.500 bits per heavy atom. The summed E-state index contributed by atoms with van der Waals surface area (Å²) >= 11 is 0. The molecule has 0 radical (unpaired) electrons. The molecule has 17 atom stereocenters. The molecule has 15 rings (SSSR count). The number of allylic oxidation sites excluding steroid dienone is 10. The summed E-state index contributed by atoms with van der Waals surface area (Å²) in [5, 5.41) is 38.0. The van der Waals surface area contributed by atoms with E-state index < -0.39 is 0 Å². The third kappa shape index (κ3) is 9.60. The summed E-state index contributed by atoms with van der Waals surface area (Å²) in [7, 11) is 4.91. The first-order valence-electron chi connectivity index (χ1n) is 31.6. The third-order valence-corrected chi connectivity index (χ3v) is 21.9. The largest absolute Gasteiger partial charge is 0.469 e. The second-order valence-corrected chi connectivity index (χ2v) is 26.1. The van der Waals surface area contributed by atoms with Crippen LogP contribution in [-0.2, 0) is 19.1 Å². The second kappa shape index (κ2) is 22.1. The average molecular weight is 1110 g/mol. The van der Waals surface area contributed by atoms with Crippen LogP contribution in [-0.4, -0.2) is 110 Å². The molecule has 18 heteroatoms. The van der Waals surface area contributed by atoms with Gasteiger partial charge < -0.3 is 24.7 Å². The minimum Gasteiger partial charge on any atom is -0.469 e. The number of aromatic nitrogens is 1. The highest BCUT2D eigenvalue weighted by Crippen LogP contribution is 2.49. The van der Waals surface area contributed by atoms with Gasteiger partial charge in [-0.1, -0.05) is 38.5 Å². The summed E-state index contributed by atoms with van der Waals surface area (Å²) in [5.74, 6) is 4.75. The van der Waals surface area contributed by atoms with E-state index in [-0.39, 0.29) is 73.9 Å². The lowest BCUT2D eigenvalue weighted by atomic mass is 9.70.